The van der Waals surface area contributed by atoms with Gasteiger partial charge in [-0.2, -0.15) is 0 Å². The van der Waals surface area contributed by atoms with E-state index in [0.29, 0.717) is 5.92 Å². The molecule has 0 aliphatic heterocycles. The van der Waals surface area contributed by atoms with Gasteiger partial charge < -0.3 is 14.6 Å². The smallest absolute Gasteiger partial charge is 0.119 e. The normalized spacial score (nSPS) is 11.3. The van der Waals surface area contributed by atoms with E-state index in [0.717, 1.165) is 25.4 Å². The summed E-state index contributed by atoms with van der Waals surface area (Å²) in [6.45, 7) is 7.54. The second-order valence-corrected chi connectivity index (χ2v) is 5.03. The fourth-order valence-corrected chi connectivity index (χ4v) is 2.09. The maximum atomic E-state index is 5.23. The van der Waals surface area contributed by atoms with Crippen molar-refractivity contribution in [2.24, 2.45) is 5.92 Å². The maximum Gasteiger partial charge on any atom is 0.119 e. The van der Waals surface area contributed by atoms with E-state index in [1.165, 1.54) is 10.9 Å². The monoisotopic (exact) mass is 246 g/mol. The molecule has 1 heterocycles. The molecule has 0 radical (unpaired) electrons. The van der Waals surface area contributed by atoms with Crippen LogP contribution in [0.3, 0.4) is 0 Å². The highest BCUT2D eigenvalue weighted by molar-refractivity contribution is 5.81. The van der Waals surface area contributed by atoms with Crippen LogP contribution in [0.1, 0.15) is 13.8 Å². The van der Waals surface area contributed by atoms with Crippen LogP contribution in [0.25, 0.3) is 10.9 Å². The summed E-state index contributed by atoms with van der Waals surface area (Å²) in [5.74, 6) is 1.62. The third-order valence-electron chi connectivity index (χ3n) is 3.06. The molecule has 98 valence electrons. The van der Waals surface area contributed by atoms with Crippen molar-refractivity contribution in [2.45, 2.75) is 20.4 Å². The van der Waals surface area contributed by atoms with Crippen LogP contribution in [0.4, 0.5) is 0 Å². The molecule has 0 atom stereocenters. The predicted molar refractivity (Wildman–Crippen MR) is 76.2 cm³/mol. The van der Waals surface area contributed by atoms with E-state index in [2.05, 4.69) is 48.1 Å². The van der Waals surface area contributed by atoms with E-state index < -0.39 is 0 Å². The molecule has 0 fully saturated rings. The Morgan fingerprint density at radius 1 is 1.28 bits per heavy atom. The zero-order valence-electron chi connectivity index (χ0n) is 11.4. The molecule has 1 aromatic heterocycles. The van der Waals surface area contributed by atoms with Gasteiger partial charge in [-0.25, -0.2) is 0 Å². The van der Waals surface area contributed by atoms with Crippen molar-refractivity contribution in [3.63, 3.8) is 0 Å². The number of ether oxygens (including phenoxy) is 1. The van der Waals surface area contributed by atoms with Crippen LogP contribution in [0.5, 0.6) is 5.75 Å². The average Bonchev–Trinajstić information content (AvgIpc) is 2.76. The van der Waals surface area contributed by atoms with Crippen LogP contribution in [0, 0.1) is 5.92 Å². The van der Waals surface area contributed by atoms with Gasteiger partial charge in [-0.3, -0.25) is 0 Å². The van der Waals surface area contributed by atoms with Gasteiger partial charge >= 0.3 is 0 Å². The fourth-order valence-electron chi connectivity index (χ4n) is 2.09. The molecule has 0 aliphatic carbocycles. The van der Waals surface area contributed by atoms with Crippen molar-refractivity contribution >= 4 is 10.9 Å². The van der Waals surface area contributed by atoms with Gasteiger partial charge in [0.1, 0.15) is 5.75 Å². The topological polar surface area (TPSA) is 26.2 Å². The molecule has 3 nitrogen and oxygen atoms in total. The summed E-state index contributed by atoms with van der Waals surface area (Å²) in [5.41, 5.74) is 1.27. The highest BCUT2D eigenvalue weighted by atomic mass is 16.5. The molecule has 0 saturated heterocycles. The quantitative estimate of drug-likeness (QED) is 0.793. The number of aromatic nitrogens is 1. The summed E-state index contributed by atoms with van der Waals surface area (Å²) >= 11 is 0. The number of hydrogen-bond donors (Lipinski definition) is 1. The minimum atomic E-state index is 0.704. The fraction of sp³-hybridized carbons (Fsp3) is 0.467. The van der Waals surface area contributed by atoms with Crippen LogP contribution in [-0.4, -0.2) is 24.8 Å². The zero-order chi connectivity index (χ0) is 13.0. The predicted octanol–water partition coefficient (Wildman–Crippen LogP) is 2.90. The molecule has 2 aromatic rings. The van der Waals surface area contributed by atoms with Crippen LogP contribution in [0.15, 0.2) is 30.5 Å². The zero-order valence-corrected chi connectivity index (χ0v) is 11.4. The lowest BCUT2D eigenvalue weighted by molar-refractivity contribution is 0.415. The molecule has 0 saturated carbocycles. The van der Waals surface area contributed by atoms with Crippen LogP contribution >= 0.6 is 0 Å². The van der Waals surface area contributed by atoms with Crippen molar-refractivity contribution in [3.05, 3.63) is 30.5 Å². The maximum absolute atomic E-state index is 5.23. The minimum absolute atomic E-state index is 0.704. The standard InChI is InChI=1S/C15H22N2O/c1-12(2)11-16-7-9-17-8-6-13-10-14(18-3)4-5-15(13)17/h4-6,8,10,12,16H,7,9,11H2,1-3H3. The molecule has 2 rings (SSSR count). The SMILES string of the molecule is COc1ccc2c(ccn2CCNCC(C)C)c1. The Morgan fingerprint density at radius 2 is 2.11 bits per heavy atom. The Balaban J connectivity index is 2.01. The number of benzene rings is 1. The van der Waals surface area contributed by atoms with Gasteiger partial charge in [-0.05, 0) is 36.7 Å². The average molecular weight is 246 g/mol. The number of fused-ring (bicyclic) bond motifs is 1. The van der Waals surface area contributed by atoms with Gasteiger partial charge in [0.15, 0.2) is 0 Å². The van der Waals surface area contributed by atoms with Gasteiger partial charge in [-0.15, -0.1) is 0 Å². The largest absolute Gasteiger partial charge is 0.497 e. The Bertz CT molecular complexity index is 502. The summed E-state index contributed by atoms with van der Waals surface area (Å²) in [7, 11) is 1.70. The molecular weight excluding hydrogens is 224 g/mol. The summed E-state index contributed by atoms with van der Waals surface area (Å²) in [5, 5.41) is 4.70. The highest BCUT2D eigenvalue weighted by Crippen LogP contribution is 2.21. The van der Waals surface area contributed by atoms with Gasteiger partial charge in [0.25, 0.3) is 0 Å². The molecular formula is C15H22N2O. The van der Waals surface area contributed by atoms with E-state index >= 15 is 0 Å². The van der Waals surface area contributed by atoms with Crippen LogP contribution < -0.4 is 10.1 Å². The molecule has 0 unspecified atom stereocenters. The van der Waals surface area contributed by atoms with Crippen molar-refractivity contribution in [1.29, 1.82) is 0 Å². The highest BCUT2D eigenvalue weighted by Gasteiger charge is 2.02. The van der Waals surface area contributed by atoms with Crippen molar-refractivity contribution < 1.29 is 4.74 Å². The number of nitrogens with zero attached hydrogens (tertiary/aromatic N) is 1. The molecule has 0 amide bonds. The number of rotatable bonds is 6. The first-order chi connectivity index (χ1) is 8.70. The molecule has 0 bridgehead atoms. The van der Waals surface area contributed by atoms with Gasteiger partial charge in [0.2, 0.25) is 0 Å². The molecule has 18 heavy (non-hydrogen) atoms. The van der Waals surface area contributed by atoms with Gasteiger partial charge in [0.05, 0.1) is 7.11 Å². The van der Waals surface area contributed by atoms with E-state index in [-0.39, 0.29) is 0 Å². The Hall–Kier alpha value is -1.48. The Morgan fingerprint density at radius 3 is 2.83 bits per heavy atom. The lowest BCUT2D eigenvalue weighted by Crippen LogP contribution is -2.23. The second kappa shape index (κ2) is 5.91. The lowest BCUT2D eigenvalue weighted by atomic mass is 10.2. The van der Waals surface area contributed by atoms with Crippen LogP contribution in [0.2, 0.25) is 0 Å². The molecule has 1 N–H and O–H groups in total. The van der Waals surface area contributed by atoms with E-state index in [1.54, 1.807) is 7.11 Å². The first-order valence-electron chi connectivity index (χ1n) is 6.54. The Kier molecular flexibility index (Phi) is 4.26. The van der Waals surface area contributed by atoms with Crippen molar-refractivity contribution in [3.8, 4) is 5.75 Å². The van der Waals surface area contributed by atoms with Crippen LogP contribution in [-0.2, 0) is 6.54 Å². The Labute approximate surface area is 109 Å². The number of nitrogens with one attached hydrogen (secondary N) is 1. The molecule has 3 heteroatoms. The van der Waals surface area contributed by atoms with Gasteiger partial charge in [-0.1, -0.05) is 13.8 Å². The second-order valence-electron chi connectivity index (χ2n) is 5.03. The van der Waals surface area contributed by atoms with Crippen molar-refractivity contribution in [1.82, 2.24) is 9.88 Å². The molecule has 0 spiro atoms. The van der Waals surface area contributed by atoms with E-state index in [4.69, 9.17) is 4.74 Å². The minimum Gasteiger partial charge on any atom is -0.497 e. The first kappa shape index (κ1) is 13.0. The first-order valence-corrected chi connectivity index (χ1v) is 6.54. The summed E-state index contributed by atoms with van der Waals surface area (Å²) in [6, 6.07) is 8.35. The molecule has 0 aliphatic rings. The third-order valence-corrected chi connectivity index (χ3v) is 3.06. The number of hydrogen-bond acceptors (Lipinski definition) is 2. The molecule has 1 aromatic carbocycles. The summed E-state index contributed by atoms with van der Waals surface area (Å²) < 4.78 is 7.51. The lowest BCUT2D eigenvalue weighted by Gasteiger charge is -2.09. The van der Waals surface area contributed by atoms with Gasteiger partial charge in [0, 0.05) is 30.2 Å². The summed E-state index contributed by atoms with van der Waals surface area (Å²) in [6.07, 6.45) is 2.14. The van der Waals surface area contributed by atoms with E-state index in [1.807, 2.05) is 6.07 Å². The van der Waals surface area contributed by atoms with Crippen molar-refractivity contribution in [2.75, 3.05) is 20.2 Å². The summed E-state index contributed by atoms with van der Waals surface area (Å²) in [4.78, 5) is 0. The van der Waals surface area contributed by atoms with E-state index in [9.17, 15) is 0 Å². The number of methoxy groups -OCH3 is 1. The third kappa shape index (κ3) is 3.05.